The predicted molar refractivity (Wildman–Crippen MR) is 100 cm³/mol. The fraction of sp³-hybridized carbons (Fsp3) is 0.167. The Kier molecular flexibility index (Phi) is 4.65. The van der Waals surface area contributed by atoms with Crippen LogP contribution in [-0.4, -0.2) is 20.9 Å². The monoisotopic (exact) mass is 388 g/mol. The summed E-state index contributed by atoms with van der Waals surface area (Å²) in [4.78, 5) is 4.46. The van der Waals surface area contributed by atoms with E-state index >= 15 is 0 Å². The molecule has 1 aromatic heterocycles. The number of hydrogen-bond acceptors (Lipinski definition) is 6. The third kappa shape index (κ3) is 3.08. The smallest absolute Gasteiger partial charge is 0.247 e. The number of halogens is 2. The number of anilines is 1. The zero-order valence-corrected chi connectivity index (χ0v) is 15.3. The summed E-state index contributed by atoms with van der Waals surface area (Å²) in [6.45, 7) is 2.00. The van der Waals surface area contributed by atoms with Crippen molar-refractivity contribution in [3.63, 3.8) is 0 Å². The van der Waals surface area contributed by atoms with Crippen LogP contribution in [0.5, 0.6) is 5.88 Å². The van der Waals surface area contributed by atoms with Gasteiger partial charge in [-0.2, -0.15) is 4.98 Å². The minimum Gasteiger partial charge on any atom is -0.448 e. The van der Waals surface area contributed by atoms with Gasteiger partial charge in [0.05, 0.1) is 10.6 Å². The van der Waals surface area contributed by atoms with Gasteiger partial charge in [0.2, 0.25) is 17.3 Å². The van der Waals surface area contributed by atoms with Crippen molar-refractivity contribution in [2.75, 3.05) is 11.1 Å². The second-order valence-corrected chi connectivity index (χ2v) is 7.14. The SMILES string of the molecule is CCSc1nnc2c(n1)O[C@@H](c1c(F)cccc1Cl)Nc1ccccc1-2. The van der Waals surface area contributed by atoms with Gasteiger partial charge in [-0.05, 0) is 24.0 Å². The number of nitrogens with zero attached hydrogens (tertiary/aromatic N) is 3. The van der Waals surface area contributed by atoms with E-state index in [1.165, 1.54) is 17.8 Å². The molecule has 0 radical (unpaired) electrons. The van der Waals surface area contributed by atoms with Crippen LogP contribution >= 0.6 is 23.4 Å². The fourth-order valence-corrected chi connectivity index (χ4v) is 3.50. The molecule has 0 saturated carbocycles. The van der Waals surface area contributed by atoms with Crippen molar-refractivity contribution in [2.24, 2.45) is 0 Å². The van der Waals surface area contributed by atoms with Gasteiger partial charge in [-0.3, -0.25) is 0 Å². The van der Waals surface area contributed by atoms with Crippen LogP contribution in [0.15, 0.2) is 47.6 Å². The number of fused-ring (bicyclic) bond motifs is 3. The van der Waals surface area contributed by atoms with Crippen LogP contribution in [0.2, 0.25) is 5.02 Å². The molecule has 2 heterocycles. The molecule has 3 aromatic rings. The molecule has 1 aliphatic heterocycles. The Morgan fingerprint density at radius 3 is 2.85 bits per heavy atom. The van der Waals surface area contributed by atoms with E-state index in [4.69, 9.17) is 16.3 Å². The molecule has 1 atom stereocenters. The molecule has 0 spiro atoms. The molecule has 5 nitrogen and oxygen atoms in total. The first-order chi connectivity index (χ1) is 12.7. The van der Waals surface area contributed by atoms with Crippen molar-refractivity contribution >= 4 is 29.1 Å². The highest BCUT2D eigenvalue weighted by molar-refractivity contribution is 7.99. The average Bonchev–Trinajstić information content (AvgIpc) is 2.78. The number of thioether (sulfide) groups is 1. The van der Waals surface area contributed by atoms with Crippen molar-refractivity contribution in [3.05, 3.63) is 58.9 Å². The summed E-state index contributed by atoms with van der Waals surface area (Å²) < 4.78 is 20.5. The quantitative estimate of drug-likeness (QED) is 0.641. The third-order valence-electron chi connectivity index (χ3n) is 3.87. The summed E-state index contributed by atoms with van der Waals surface area (Å²) in [5.74, 6) is 0.636. The fourth-order valence-electron chi connectivity index (χ4n) is 2.73. The van der Waals surface area contributed by atoms with Gasteiger partial charge in [-0.15, -0.1) is 10.2 Å². The molecular formula is C18H14ClFN4OS. The van der Waals surface area contributed by atoms with E-state index in [0.29, 0.717) is 10.9 Å². The predicted octanol–water partition coefficient (Wildman–Crippen LogP) is 4.95. The van der Waals surface area contributed by atoms with Crippen molar-refractivity contribution in [3.8, 4) is 17.1 Å². The molecule has 8 heteroatoms. The van der Waals surface area contributed by atoms with E-state index in [0.717, 1.165) is 17.0 Å². The summed E-state index contributed by atoms with van der Waals surface area (Å²) in [6.07, 6.45) is -0.845. The molecule has 1 N–H and O–H groups in total. The van der Waals surface area contributed by atoms with Gasteiger partial charge in [0.25, 0.3) is 0 Å². The third-order valence-corrected chi connectivity index (χ3v) is 4.92. The van der Waals surface area contributed by atoms with E-state index in [2.05, 4.69) is 20.5 Å². The number of ether oxygens (including phenoxy) is 1. The lowest BCUT2D eigenvalue weighted by Crippen LogP contribution is -2.19. The van der Waals surface area contributed by atoms with Crippen molar-refractivity contribution in [1.29, 1.82) is 0 Å². The zero-order valence-electron chi connectivity index (χ0n) is 13.7. The van der Waals surface area contributed by atoms with Gasteiger partial charge >= 0.3 is 0 Å². The number of rotatable bonds is 3. The van der Waals surface area contributed by atoms with E-state index in [1.807, 2.05) is 31.2 Å². The topological polar surface area (TPSA) is 59.9 Å². The van der Waals surface area contributed by atoms with Crippen LogP contribution < -0.4 is 10.1 Å². The Balaban J connectivity index is 1.88. The highest BCUT2D eigenvalue weighted by atomic mass is 35.5. The summed E-state index contributed by atoms with van der Waals surface area (Å²) in [5, 5.41) is 12.4. The normalized spacial score (nSPS) is 15.3. The van der Waals surface area contributed by atoms with Crippen molar-refractivity contribution in [1.82, 2.24) is 15.2 Å². The lowest BCUT2D eigenvalue weighted by molar-refractivity contribution is 0.220. The van der Waals surface area contributed by atoms with Gasteiger partial charge in [-0.1, -0.05) is 54.6 Å². The first-order valence-corrected chi connectivity index (χ1v) is 9.37. The molecule has 0 saturated heterocycles. The maximum absolute atomic E-state index is 14.5. The molecule has 1 aliphatic rings. The van der Waals surface area contributed by atoms with E-state index in [9.17, 15) is 4.39 Å². The lowest BCUT2D eigenvalue weighted by Gasteiger charge is -2.20. The summed E-state index contributed by atoms with van der Waals surface area (Å²) in [7, 11) is 0. The molecule has 132 valence electrons. The van der Waals surface area contributed by atoms with Crippen LogP contribution in [0.25, 0.3) is 11.3 Å². The van der Waals surface area contributed by atoms with Crippen LogP contribution in [0.4, 0.5) is 10.1 Å². The second-order valence-electron chi connectivity index (χ2n) is 5.50. The molecule has 0 bridgehead atoms. The summed E-state index contributed by atoms with van der Waals surface area (Å²) in [6, 6.07) is 12.0. The highest BCUT2D eigenvalue weighted by Crippen LogP contribution is 2.41. The molecule has 0 fully saturated rings. The lowest BCUT2D eigenvalue weighted by atomic mass is 10.1. The first kappa shape index (κ1) is 17.1. The number of para-hydroxylation sites is 1. The van der Waals surface area contributed by atoms with Crippen molar-refractivity contribution in [2.45, 2.75) is 18.3 Å². The van der Waals surface area contributed by atoms with Gasteiger partial charge in [0.15, 0.2) is 5.69 Å². The van der Waals surface area contributed by atoms with E-state index in [1.54, 1.807) is 12.1 Å². The molecule has 2 aromatic carbocycles. The minimum absolute atomic E-state index is 0.222. The number of nitrogens with one attached hydrogen (secondary N) is 1. The Morgan fingerprint density at radius 2 is 2.04 bits per heavy atom. The minimum atomic E-state index is -0.845. The first-order valence-electron chi connectivity index (χ1n) is 8.01. The van der Waals surface area contributed by atoms with Gasteiger partial charge in [0, 0.05) is 11.3 Å². The second kappa shape index (κ2) is 7.09. The van der Waals surface area contributed by atoms with Crippen LogP contribution in [0.3, 0.4) is 0 Å². The Bertz CT molecular complexity index is 951. The largest absolute Gasteiger partial charge is 0.448 e. The van der Waals surface area contributed by atoms with Gasteiger partial charge in [-0.25, -0.2) is 4.39 Å². The molecule has 0 unspecified atom stereocenters. The van der Waals surface area contributed by atoms with E-state index in [-0.39, 0.29) is 16.5 Å². The number of benzene rings is 2. The van der Waals surface area contributed by atoms with Crippen LogP contribution in [0.1, 0.15) is 18.7 Å². The summed E-state index contributed by atoms with van der Waals surface area (Å²) >= 11 is 7.69. The van der Waals surface area contributed by atoms with E-state index < -0.39 is 12.0 Å². The maximum Gasteiger partial charge on any atom is 0.247 e. The highest BCUT2D eigenvalue weighted by Gasteiger charge is 2.29. The Morgan fingerprint density at radius 1 is 1.19 bits per heavy atom. The van der Waals surface area contributed by atoms with Gasteiger partial charge in [0.1, 0.15) is 5.82 Å². The maximum atomic E-state index is 14.5. The number of hydrogen-bond donors (Lipinski definition) is 1. The molecule has 4 rings (SSSR count). The zero-order chi connectivity index (χ0) is 18.1. The standard InChI is InChI=1S/C18H14ClFN4OS/c1-2-26-18-22-17-15(23-24-18)10-6-3-4-9-13(10)21-16(25-17)14-11(19)7-5-8-12(14)20/h3-9,16,21H,2H2,1H3/t16-/m0/s1. The molecule has 0 aliphatic carbocycles. The molecular weight excluding hydrogens is 375 g/mol. The van der Waals surface area contributed by atoms with Crippen molar-refractivity contribution < 1.29 is 9.13 Å². The van der Waals surface area contributed by atoms with Crippen LogP contribution in [-0.2, 0) is 0 Å². The average molecular weight is 389 g/mol. The molecule has 26 heavy (non-hydrogen) atoms. The summed E-state index contributed by atoms with van der Waals surface area (Å²) in [5.41, 5.74) is 2.25. The Hall–Kier alpha value is -2.38. The molecule has 0 amide bonds. The van der Waals surface area contributed by atoms with Crippen LogP contribution in [0, 0.1) is 5.82 Å². The Labute approximate surface area is 159 Å². The number of aromatic nitrogens is 3. The van der Waals surface area contributed by atoms with Gasteiger partial charge < -0.3 is 10.1 Å².